The first-order chi connectivity index (χ1) is 9.39. The van der Waals surface area contributed by atoms with Crippen molar-refractivity contribution in [3.63, 3.8) is 0 Å². The van der Waals surface area contributed by atoms with Crippen LogP contribution in [0.15, 0.2) is 18.2 Å². The van der Waals surface area contributed by atoms with Crippen LogP contribution in [0.2, 0.25) is 5.02 Å². The zero-order valence-corrected chi connectivity index (χ0v) is 11.4. The van der Waals surface area contributed by atoms with Crippen molar-refractivity contribution in [3.8, 4) is 5.75 Å². The number of halogens is 3. The largest absolute Gasteiger partial charge is 0.489 e. The molecule has 0 unspecified atom stereocenters. The summed E-state index contributed by atoms with van der Waals surface area (Å²) in [5, 5.41) is 8.88. The molecular weight excluding hydrogens is 292 g/mol. The van der Waals surface area contributed by atoms with Crippen molar-refractivity contribution in [3.05, 3.63) is 29.0 Å². The highest BCUT2D eigenvalue weighted by molar-refractivity contribution is 6.32. The second-order valence-electron chi connectivity index (χ2n) is 4.78. The Morgan fingerprint density at radius 1 is 1.45 bits per heavy atom. The lowest BCUT2D eigenvalue weighted by Crippen LogP contribution is -2.46. The van der Waals surface area contributed by atoms with Crippen LogP contribution in [0.4, 0.5) is 13.6 Å². The van der Waals surface area contributed by atoms with E-state index in [9.17, 15) is 13.6 Å². The summed E-state index contributed by atoms with van der Waals surface area (Å²) in [6.45, 7) is 0.0322. The summed E-state index contributed by atoms with van der Waals surface area (Å²) >= 11 is 5.78. The third-order valence-corrected chi connectivity index (χ3v) is 3.61. The molecule has 1 amide bonds. The van der Waals surface area contributed by atoms with Crippen molar-refractivity contribution in [2.45, 2.75) is 18.5 Å². The Morgan fingerprint density at radius 2 is 2.10 bits per heavy atom. The Bertz CT molecular complexity index is 504. The molecule has 0 bridgehead atoms. The highest BCUT2D eigenvalue weighted by Crippen LogP contribution is 2.30. The molecule has 1 saturated heterocycles. The fraction of sp³-hybridized carbons (Fsp3) is 0.462. The molecule has 0 saturated carbocycles. The maximum absolute atomic E-state index is 14.4. The van der Waals surface area contributed by atoms with Crippen LogP contribution >= 0.6 is 11.6 Å². The predicted molar refractivity (Wildman–Crippen MR) is 69.6 cm³/mol. The van der Waals surface area contributed by atoms with Crippen molar-refractivity contribution in [1.82, 2.24) is 4.90 Å². The predicted octanol–water partition coefficient (Wildman–Crippen LogP) is 3.34. The van der Waals surface area contributed by atoms with Crippen LogP contribution in [-0.2, 0) is 0 Å². The molecule has 1 aliphatic heterocycles. The lowest BCUT2D eigenvalue weighted by atomic mass is 9.94. The summed E-state index contributed by atoms with van der Waals surface area (Å²) < 4.78 is 32.6. The molecule has 2 rings (SSSR count). The van der Waals surface area contributed by atoms with E-state index in [1.54, 1.807) is 0 Å². The van der Waals surface area contributed by atoms with Gasteiger partial charge in [0.05, 0.1) is 5.02 Å². The van der Waals surface area contributed by atoms with Gasteiger partial charge in [-0.25, -0.2) is 13.6 Å². The Hall–Kier alpha value is -1.56. The first-order valence-corrected chi connectivity index (χ1v) is 6.52. The fourth-order valence-electron chi connectivity index (χ4n) is 2.04. The Balaban J connectivity index is 1.92. The van der Waals surface area contributed by atoms with Crippen molar-refractivity contribution in [2.24, 2.45) is 0 Å². The summed E-state index contributed by atoms with van der Waals surface area (Å²) in [4.78, 5) is 11.9. The minimum Gasteiger partial charge on any atom is -0.489 e. The average molecular weight is 306 g/mol. The number of ether oxygens (including phenoxy) is 1. The number of piperidine rings is 1. The number of amides is 1. The van der Waals surface area contributed by atoms with E-state index in [0.717, 1.165) is 6.07 Å². The van der Waals surface area contributed by atoms with Gasteiger partial charge in [0.25, 0.3) is 0 Å². The number of carbonyl (C=O) groups is 1. The first-order valence-electron chi connectivity index (χ1n) is 6.14. The molecule has 1 aliphatic rings. The Morgan fingerprint density at radius 3 is 2.65 bits per heavy atom. The van der Waals surface area contributed by atoms with E-state index >= 15 is 0 Å². The van der Waals surface area contributed by atoms with Crippen LogP contribution in [-0.4, -0.2) is 41.5 Å². The number of alkyl halides is 1. The van der Waals surface area contributed by atoms with Crippen LogP contribution in [0.25, 0.3) is 0 Å². The molecule has 0 aromatic heterocycles. The number of rotatable bonds is 3. The number of likely N-dealkylation sites (tertiary alicyclic amines) is 1. The standard InChI is InChI=1S/C13H14ClF2NO3/c14-10-7-9(15)1-2-11(10)20-8-13(16)3-5-17(6-4-13)12(18)19/h1-2,7H,3-6,8H2,(H,18,19). The normalized spacial score (nSPS) is 17.9. The SMILES string of the molecule is O=C(O)N1CCC(F)(COc2ccc(F)cc2Cl)CC1. The van der Waals surface area contributed by atoms with E-state index in [4.69, 9.17) is 21.4 Å². The maximum atomic E-state index is 14.4. The third kappa shape index (κ3) is 3.50. The number of hydrogen-bond acceptors (Lipinski definition) is 2. The molecule has 1 aromatic carbocycles. The van der Waals surface area contributed by atoms with Crippen molar-refractivity contribution in [2.75, 3.05) is 19.7 Å². The average Bonchev–Trinajstić information content (AvgIpc) is 2.38. The van der Waals surface area contributed by atoms with Crippen molar-refractivity contribution < 1.29 is 23.4 Å². The van der Waals surface area contributed by atoms with E-state index in [-0.39, 0.29) is 43.3 Å². The summed E-state index contributed by atoms with van der Waals surface area (Å²) in [6, 6.07) is 3.61. The second-order valence-corrected chi connectivity index (χ2v) is 5.19. The van der Waals surface area contributed by atoms with Crippen LogP contribution in [0.1, 0.15) is 12.8 Å². The number of nitrogens with zero attached hydrogens (tertiary/aromatic N) is 1. The van der Waals surface area contributed by atoms with Gasteiger partial charge >= 0.3 is 6.09 Å². The molecule has 7 heteroatoms. The second kappa shape index (κ2) is 5.83. The van der Waals surface area contributed by atoms with E-state index in [1.807, 2.05) is 0 Å². The lowest BCUT2D eigenvalue weighted by Gasteiger charge is -2.34. The Labute approximate surface area is 119 Å². The van der Waals surface area contributed by atoms with Crippen molar-refractivity contribution in [1.29, 1.82) is 0 Å². The van der Waals surface area contributed by atoms with E-state index in [1.165, 1.54) is 17.0 Å². The molecule has 4 nitrogen and oxygen atoms in total. The third-order valence-electron chi connectivity index (χ3n) is 3.31. The molecule has 20 heavy (non-hydrogen) atoms. The lowest BCUT2D eigenvalue weighted by molar-refractivity contribution is 0.0203. The zero-order chi connectivity index (χ0) is 14.8. The van der Waals surface area contributed by atoms with Gasteiger partial charge in [-0.1, -0.05) is 11.6 Å². The van der Waals surface area contributed by atoms with Gasteiger partial charge in [0, 0.05) is 25.9 Å². The van der Waals surface area contributed by atoms with Gasteiger partial charge in [0.2, 0.25) is 0 Å². The Kier molecular flexibility index (Phi) is 4.32. The van der Waals surface area contributed by atoms with Gasteiger partial charge in [-0.3, -0.25) is 0 Å². The number of carboxylic acid groups (broad SMARTS) is 1. The van der Waals surface area contributed by atoms with E-state index < -0.39 is 17.6 Å². The highest BCUT2D eigenvalue weighted by Gasteiger charge is 2.37. The molecular formula is C13H14ClF2NO3. The zero-order valence-electron chi connectivity index (χ0n) is 10.6. The van der Waals surface area contributed by atoms with Crippen LogP contribution in [0.3, 0.4) is 0 Å². The minimum atomic E-state index is -1.59. The fourth-order valence-corrected chi connectivity index (χ4v) is 2.26. The van der Waals surface area contributed by atoms with Gasteiger partial charge in [-0.15, -0.1) is 0 Å². The van der Waals surface area contributed by atoms with Gasteiger partial charge in [0.1, 0.15) is 23.8 Å². The molecule has 0 spiro atoms. The minimum absolute atomic E-state index is 0.0676. The van der Waals surface area contributed by atoms with Gasteiger partial charge in [0.15, 0.2) is 0 Å². The molecule has 0 aliphatic carbocycles. The first kappa shape index (κ1) is 14.8. The van der Waals surface area contributed by atoms with Crippen molar-refractivity contribution >= 4 is 17.7 Å². The van der Waals surface area contributed by atoms with E-state index in [0.29, 0.717) is 0 Å². The highest BCUT2D eigenvalue weighted by atomic mass is 35.5. The molecule has 110 valence electrons. The van der Waals surface area contributed by atoms with Gasteiger partial charge < -0.3 is 14.7 Å². The molecule has 1 N–H and O–H groups in total. The smallest absolute Gasteiger partial charge is 0.407 e. The van der Waals surface area contributed by atoms with Gasteiger partial charge in [-0.05, 0) is 18.2 Å². The molecule has 0 radical (unpaired) electrons. The number of hydrogen-bond donors (Lipinski definition) is 1. The van der Waals surface area contributed by atoms with Crippen LogP contribution in [0.5, 0.6) is 5.75 Å². The molecule has 1 aromatic rings. The molecule has 0 atom stereocenters. The molecule has 1 heterocycles. The monoisotopic (exact) mass is 305 g/mol. The topological polar surface area (TPSA) is 49.8 Å². The van der Waals surface area contributed by atoms with Crippen LogP contribution < -0.4 is 4.74 Å². The summed E-state index contributed by atoms with van der Waals surface area (Å²) in [6.07, 6.45) is -0.912. The summed E-state index contributed by atoms with van der Waals surface area (Å²) in [7, 11) is 0. The molecule has 1 fully saturated rings. The summed E-state index contributed by atoms with van der Waals surface area (Å²) in [5.41, 5.74) is -1.59. The van der Waals surface area contributed by atoms with E-state index in [2.05, 4.69) is 0 Å². The number of benzene rings is 1. The maximum Gasteiger partial charge on any atom is 0.407 e. The van der Waals surface area contributed by atoms with Crippen LogP contribution in [0, 0.1) is 5.82 Å². The van der Waals surface area contributed by atoms with Gasteiger partial charge in [-0.2, -0.15) is 0 Å². The quantitative estimate of drug-likeness (QED) is 0.932. The summed E-state index contributed by atoms with van der Waals surface area (Å²) in [5.74, 6) is -0.280.